The third-order valence-corrected chi connectivity index (χ3v) is 2.65. The molecule has 0 saturated carbocycles. The number of nitrogens with zero attached hydrogens (tertiary/aromatic N) is 4. The quantitative estimate of drug-likeness (QED) is 0.452. The molecule has 3 aromatic rings. The molecular weight excluding hydrogens is 480 g/mol. The van der Waals surface area contributed by atoms with E-state index in [9.17, 15) is 14.4 Å². The minimum absolute atomic E-state index is 0. The molecule has 155 valence electrons. The third kappa shape index (κ3) is 12.5. The van der Waals surface area contributed by atoms with Crippen LogP contribution in [0, 0.1) is 4.91 Å². The van der Waals surface area contributed by atoms with Crippen LogP contribution in [0.1, 0.15) is 31.5 Å². The Kier molecular flexibility index (Phi) is 16.3. The van der Waals surface area contributed by atoms with Gasteiger partial charge in [-0.3, -0.25) is 0 Å². The van der Waals surface area contributed by atoms with E-state index >= 15 is 0 Å². The Bertz CT molecular complexity index is 767. The van der Waals surface area contributed by atoms with E-state index in [0.29, 0.717) is 0 Å². The molecule has 0 fully saturated rings. The van der Waals surface area contributed by atoms with Crippen LogP contribution < -0.4 is 5.59 Å². The fourth-order valence-corrected chi connectivity index (χ4v) is 1.47. The van der Waals surface area contributed by atoms with E-state index < -0.39 is 17.9 Å². The average Bonchev–Trinajstić information content (AvgIpc) is 2.78. The second-order valence-electron chi connectivity index (χ2n) is 4.56. The number of aromatic carboxylic acids is 3. The Balaban J connectivity index is 0. The summed E-state index contributed by atoms with van der Waals surface area (Å²) in [6.07, 6.45) is 4.34. The maximum atomic E-state index is 10.1. The summed E-state index contributed by atoms with van der Waals surface area (Å²) < 4.78 is 0. The van der Waals surface area contributed by atoms with Gasteiger partial charge in [0.1, 0.15) is 22.7 Å². The van der Waals surface area contributed by atoms with Gasteiger partial charge >= 0.3 is 17.9 Å². The van der Waals surface area contributed by atoms with Crippen LogP contribution in [-0.2, 0) is 21.1 Å². The maximum absolute atomic E-state index is 10.1. The molecule has 3 heterocycles. The SMILES string of the molecule is O=C(O)c1ccccn1.O=C(O)c1ccccn1.O=C(O)c1ccccn1.[Mo].[N]=O. The number of pyridine rings is 3. The van der Waals surface area contributed by atoms with Gasteiger partial charge in [0.2, 0.25) is 0 Å². The van der Waals surface area contributed by atoms with Crippen LogP contribution in [0.25, 0.3) is 0 Å². The summed E-state index contributed by atoms with van der Waals surface area (Å²) in [4.78, 5) is 48.4. The van der Waals surface area contributed by atoms with Gasteiger partial charge in [0.15, 0.2) is 0 Å². The topological polar surface area (TPSA) is 190 Å². The predicted octanol–water partition coefficient (Wildman–Crippen LogP) is 1.89. The molecule has 3 rings (SSSR count). The van der Waals surface area contributed by atoms with E-state index in [1.807, 2.05) is 0 Å². The van der Waals surface area contributed by atoms with Gasteiger partial charge in [-0.05, 0) is 36.4 Å². The van der Waals surface area contributed by atoms with Crippen LogP contribution in [0.5, 0.6) is 0 Å². The summed E-state index contributed by atoms with van der Waals surface area (Å²) in [6, 6.07) is 14.3. The van der Waals surface area contributed by atoms with Crippen molar-refractivity contribution in [1.82, 2.24) is 20.5 Å². The zero-order chi connectivity index (χ0) is 22.1. The van der Waals surface area contributed by atoms with Crippen LogP contribution >= 0.6 is 0 Å². The zero-order valence-corrected chi connectivity index (χ0v) is 17.1. The molecule has 0 aliphatic heterocycles. The summed E-state index contributed by atoms with van der Waals surface area (Å²) in [5.41, 5.74) is 5.99. The Morgan fingerprint density at radius 2 is 0.800 bits per heavy atom. The zero-order valence-electron chi connectivity index (χ0n) is 15.1. The Morgan fingerprint density at radius 1 is 0.567 bits per heavy atom. The molecule has 0 unspecified atom stereocenters. The molecule has 0 saturated heterocycles. The number of aromatic nitrogens is 3. The van der Waals surface area contributed by atoms with Crippen LogP contribution in [0.15, 0.2) is 73.2 Å². The molecule has 0 atom stereocenters. The summed E-state index contributed by atoms with van der Waals surface area (Å²) in [7, 11) is 0. The first-order valence-corrected chi connectivity index (χ1v) is 7.53. The van der Waals surface area contributed by atoms with E-state index in [-0.39, 0.29) is 38.1 Å². The van der Waals surface area contributed by atoms with Crippen molar-refractivity contribution in [3.63, 3.8) is 0 Å². The van der Waals surface area contributed by atoms with E-state index in [4.69, 9.17) is 25.8 Å². The van der Waals surface area contributed by atoms with E-state index in [1.54, 1.807) is 36.4 Å². The number of carbonyl (C=O) groups is 3. The standard InChI is InChI=1S/3C6H5NO2.Mo.NO/c3*8-6(9)5-3-1-2-4-7-5;;1-2/h3*1-4H,(H,8,9);;. The van der Waals surface area contributed by atoms with Crippen LogP contribution in [0.2, 0.25) is 0 Å². The number of carboxylic acids is 3. The summed E-state index contributed by atoms with van der Waals surface area (Å²) in [6.45, 7) is 0. The van der Waals surface area contributed by atoms with Crippen molar-refractivity contribution >= 4 is 17.9 Å². The summed E-state index contributed by atoms with van der Waals surface area (Å²) in [5.74, 6) is -2.97. The molecule has 1 radical (unpaired) electrons. The van der Waals surface area contributed by atoms with Crippen molar-refractivity contribution in [2.45, 2.75) is 0 Å². The number of nitroso groups, excluding NO2 is 1. The first-order chi connectivity index (χ1) is 13.9. The Morgan fingerprint density at radius 3 is 0.900 bits per heavy atom. The number of carboxylic acid groups (broad SMARTS) is 3. The first kappa shape index (κ1) is 28.4. The average molecular weight is 495 g/mol. The van der Waals surface area contributed by atoms with E-state index in [2.05, 4.69) is 15.0 Å². The van der Waals surface area contributed by atoms with Crippen molar-refractivity contribution in [2.24, 2.45) is 0 Å². The first-order valence-electron chi connectivity index (χ1n) is 7.53. The van der Waals surface area contributed by atoms with Crippen LogP contribution in [0.4, 0.5) is 0 Å². The third-order valence-electron chi connectivity index (χ3n) is 2.65. The number of rotatable bonds is 3. The van der Waals surface area contributed by atoms with Gasteiger partial charge in [-0.2, -0.15) is 0 Å². The molecule has 12 heteroatoms. The van der Waals surface area contributed by atoms with E-state index in [0.717, 1.165) is 0 Å². The van der Waals surface area contributed by atoms with Gasteiger partial charge in [-0.15, -0.1) is 4.91 Å². The van der Waals surface area contributed by atoms with Crippen molar-refractivity contribution in [2.75, 3.05) is 0 Å². The Hall–Kier alpha value is -3.85. The van der Waals surface area contributed by atoms with Gasteiger partial charge in [-0.1, -0.05) is 18.2 Å². The molecule has 0 aliphatic rings. The smallest absolute Gasteiger partial charge is 0.354 e. The molecule has 0 aromatic carbocycles. The van der Waals surface area contributed by atoms with Gasteiger partial charge in [0.05, 0.1) is 0 Å². The normalized spacial score (nSPS) is 8.13. The van der Waals surface area contributed by atoms with Crippen LogP contribution in [-0.4, -0.2) is 48.2 Å². The summed E-state index contributed by atoms with van der Waals surface area (Å²) in [5, 5.41) is 25.0. The molecule has 0 bridgehead atoms. The number of hydrogen-bond acceptors (Lipinski definition) is 7. The molecule has 0 amide bonds. The second-order valence-corrected chi connectivity index (χ2v) is 4.56. The molecule has 0 spiro atoms. The molecule has 30 heavy (non-hydrogen) atoms. The van der Waals surface area contributed by atoms with Crippen LogP contribution in [0.3, 0.4) is 0 Å². The molecule has 0 aliphatic carbocycles. The minimum Gasteiger partial charge on any atom is -0.477 e. The molecule has 11 nitrogen and oxygen atoms in total. The monoisotopic (exact) mass is 497 g/mol. The van der Waals surface area contributed by atoms with Gasteiger partial charge in [0.25, 0.3) is 0 Å². The largest absolute Gasteiger partial charge is 0.477 e. The van der Waals surface area contributed by atoms with Crippen molar-refractivity contribution in [3.05, 3.63) is 95.2 Å². The second kappa shape index (κ2) is 17.3. The minimum atomic E-state index is -0.990. The van der Waals surface area contributed by atoms with Gasteiger partial charge in [-0.25, -0.2) is 29.3 Å². The summed E-state index contributed by atoms with van der Waals surface area (Å²) >= 11 is 0. The fraction of sp³-hybridized carbons (Fsp3) is 0. The predicted molar refractivity (Wildman–Crippen MR) is 99.1 cm³/mol. The van der Waals surface area contributed by atoms with E-state index in [1.165, 1.54) is 36.8 Å². The molecule has 3 N–H and O–H groups in total. The number of hydrogen-bond donors (Lipinski definition) is 3. The molecular formula is C18H15MoN4O7. The van der Waals surface area contributed by atoms with Crippen molar-refractivity contribution in [3.8, 4) is 0 Å². The Labute approximate surface area is 184 Å². The van der Waals surface area contributed by atoms with Crippen molar-refractivity contribution in [1.29, 1.82) is 0 Å². The molecule has 3 aromatic heterocycles. The maximum Gasteiger partial charge on any atom is 0.354 e. The van der Waals surface area contributed by atoms with Crippen molar-refractivity contribution < 1.29 is 50.8 Å². The van der Waals surface area contributed by atoms with Gasteiger partial charge in [0, 0.05) is 39.7 Å². The fourth-order valence-electron chi connectivity index (χ4n) is 1.47. The van der Waals surface area contributed by atoms with Gasteiger partial charge < -0.3 is 15.3 Å².